The van der Waals surface area contributed by atoms with Crippen LogP contribution in [0.4, 0.5) is 4.79 Å². The maximum absolute atomic E-state index is 12.3. The van der Waals surface area contributed by atoms with E-state index in [-0.39, 0.29) is 11.9 Å². The number of carbonyl (C=O) groups excluding carboxylic acids is 2. The molecule has 1 saturated heterocycles. The van der Waals surface area contributed by atoms with Crippen LogP contribution in [0.15, 0.2) is 41.1 Å². The highest BCUT2D eigenvalue weighted by Crippen LogP contribution is 2.12. The Kier molecular flexibility index (Phi) is 4.79. The van der Waals surface area contributed by atoms with Gasteiger partial charge in [0.25, 0.3) is 5.91 Å². The van der Waals surface area contributed by atoms with Gasteiger partial charge in [0.1, 0.15) is 5.76 Å². The van der Waals surface area contributed by atoms with Crippen LogP contribution in [0.3, 0.4) is 0 Å². The second kappa shape index (κ2) is 7.16. The molecule has 0 radical (unpaired) electrons. The number of urea groups is 1. The van der Waals surface area contributed by atoms with Gasteiger partial charge in [0, 0.05) is 45.1 Å². The summed E-state index contributed by atoms with van der Waals surface area (Å²) in [6.45, 7) is 4.26. The van der Waals surface area contributed by atoms with Crippen LogP contribution in [-0.2, 0) is 6.54 Å². The van der Waals surface area contributed by atoms with Crippen molar-refractivity contribution in [3.05, 3.63) is 53.7 Å². The highest BCUT2D eigenvalue weighted by molar-refractivity contribution is 5.91. The van der Waals surface area contributed by atoms with E-state index in [1.165, 1.54) is 0 Å². The highest BCUT2D eigenvalue weighted by atomic mass is 16.3. The summed E-state index contributed by atoms with van der Waals surface area (Å²) in [7, 11) is 0. The summed E-state index contributed by atoms with van der Waals surface area (Å²) in [4.78, 5) is 31.9. The molecule has 3 amide bonds. The van der Waals surface area contributed by atoms with Crippen LogP contribution < -0.4 is 5.32 Å². The normalized spacial score (nSPS) is 14.5. The number of pyridine rings is 1. The lowest BCUT2D eigenvalue weighted by Gasteiger charge is -2.34. The second-order valence-electron chi connectivity index (χ2n) is 5.71. The van der Waals surface area contributed by atoms with Crippen molar-refractivity contribution < 1.29 is 14.0 Å². The summed E-state index contributed by atoms with van der Waals surface area (Å²) in [5, 5.41) is 2.87. The first-order valence-electron chi connectivity index (χ1n) is 7.91. The van der Waals surface area contributed by atoms with Crippen molar-refractivity contribution >= 4 is 11.9 Å². The average Bonchev–Trinajstić information content (AvgIpc) is 3.06. The Morgan fingerprint density at radius 1 is 1.17 bits per heavy atom. The number of carbonyl (C=O) groups is 2. The van der Waals surface area contributed by atoms with Crippen molar-refractivity contribution in [3.63, 3.8) is 0 Å². The molecular weight excluding hydrogens is 308 g/mol. The van der Waals surface area contributed by atoms with Crippen LogP contribution in [0, 0.1) is 6.92 Å². The average molecular weight is 328 g/mol. The molecule has 1 N–H and O–H groups in total. The zero-order valence-corrected chi connectivity index (χ0v) is 13.6. The minimum atomic E-state index is -0.126. The molecule has 0 atom stereocenters. The number of amides is 3. The molecule has 3 heterocycles. The molecule has 2 aromatic heterocycles. The van der Waals surface area contributed by atoms with E-state index in [0.29, 0.717) is 44.2 Å². The minimum absolute atomic E-state index is 0.125. The van der Waals surface area contributed by atoms with Gasteiger partial charge in [0.2, 0.25) is 0 Å². The Labute approximate surface area is 140 Å². The zero-order chi connectivity index (χ0) is 16.9. The Hall–Kier alpha value is -2.83. The fraction of sp³-hybridized carbons (Fsp3) is 0.353. The van der Waals surface area contributed by atoms with Gasteiger partial charge in [0.05, 0.1) is 0 Å². The highest BCUT2D eigenvalue weighted by Gasteiger charge is 2.26. The van der Waals surface area contributed by atoms with Gasteiger partial charge >= 0.3 is 6.03 Å². The van der Waals surface area contributed by atoms with Crippen LogP contribution in [0.2, 0.25) is 0 Å². The Balaban J connectivity index is 1.47. The van der Waals surface area contributed by atoms with Crippen molar-refractivity contribution in [1.82, 2.24) is 20.1 Å². The summed E-state index contributed by atoms with van der Waals surface area (Å²) in [5.74, 6) is 0.937. The molecular formula is C17H20N4O3. The maximum atomic E-state index is 12.3. The lowest BCUT2D eigenvalue weighted by molar-refractivity contribution is 0.0632. The molecule has 0 saturated carbocycles. The smallest absolute Gasteiger partial charge is 0.317 e. The molecule has 0 aromatic carbocycles. The molecule has 1 fully saturated rings. The second-order valence-corrected chi connectivity index (χ2v) is 5.71. The van der Waals surface area contributed by atoms with Crippen LogP contribution in [0.25, 0.3) is 0 Å². The van der Waals surface area contributed by atoms with Gasteiger partial charge in [-0.2, -0.15) is 0 Å². The molecule has 7 heteroatoms. The topological polar surface area (TPSA) is 78.7 Å². The van der Waals surface area contributed by atoms with Gasteiger partial charge in [-0.25, -0.2) is 4.79 Å². The lowest BCUT2D eigenvalue weighted by Crippen LogP contribution is -2.53. The van der Waals surface area contributed by atoms with Gasteiger partial charge < -0.3 is 19.5 Å². The summed E-state index contributed by atoms with van der Waals surface area (Å²) in [6.07, 6.45) is 3.42. The Bertz CT molecular complexity index is 706. The number of aryl methyl sites for hydroxylation is 1. The predicted molar refractivity (Wildman–Crippen MR) is 87.4 cm³/mol. The first-order chi connectivity index (χ1) is 11.6. The maximum Gasteiger partial charge on any atom is 0.317 e. The Morgan fingerprint density at radius 2 is 1.92 bits per heavy atom. The SMILES string of the molecule is Cc1ccc(C(=O)N2CCN(C(=O)NCc3cccnc3)CC2)o1. The van der Waals surface area contributed by atoms with Crippen molar-refractivity contribution in [2.45, 2.75) is 13.5 Å². The molecule has 0 bridgehead atoms. The van der Waals surface area contributed by atoms with E-state index in [0.717, 1.165) is 5.56 Å². The summed E-state index contributed by atoms with van der Waals surface area (Å²) < 4.78 is 5.37. The molecule has 3 rings (SSSR count). The lowest BCUT2D eigenvalue weighted by atomic mass is 10.3. The van der Waals surface area contributed by atoms with Gasteiger partial charge in [-0.15, -0.1) is 0 Å². The molecule has 126 valence electrons. The quantitative estimate of drug-likeness (QED) is 0.929. The van der Waals surface area contributed by atoms with Crippen LogP contribution in [0.1, 0.15) is 21.9 Å². The third kappa shape index (κ3) is 3.73. The van der Waals surface area contributed by atoms with Gasteiger partial charge in [-0.05, 0) is 30.7 Å². The van der Waals surface area contributed by atoms with Crippen LogP contribution >= 0.6 is 0 Å². The number of piperazine rings is 1. The molecule has 0 spiro atoms. The molecule has 7 nitrogen and oxygen atoms in total. The molecule has 1 aliphatic heterocycles. The van der Waals surface area contributed by atoms with Gasteiger partial charge in [0.15, 0.2) is 5.76 Å². The van der Waals surface area contributed by atoms with E-state index >= 15 is 0 Å². The van der Waals surface area contributed by atoms with Crippen molar-refractivity contribution in [2.24, 2.45) is 0 Å². The standard InChI is InChI=1S/C17H20N4O3/c1-13-4-5-15(24-13)16(22)20-7-9-21(10-8-20)17(23)19-12-14-3-2-6-18-11-14/h2-6,11H,7-10,12H2,1H3,(H,19,23). The third-order valence-electron chi connectivity index (χ3n) is 3.97. The number of nitrogens with zero attached hydrogens (tertiary/aromatic N) is 3. The van der Waals surface area contributed by atoms with Crippen molar-refractivity contribution in [3.8, 4) is 0 Å². The number of furan rings is 1. The fourth-order valence-corrected chi connectivity index (χ4v) is 2.61. The number of aromatic nitrogens is 1. The molecule has 2 aromatic rings. The predicted octanol–water partition coefficient (Wildman–Crippen LogP) is 1.65. The van der Waals surface area contributed by atoms with Crippen LogP contribution in [0.5, 0.6) is 0 Å². The van der Waals surface area contributed by atoms with Gasteiger partial charge in [-0.3, -0.25) is 9.78 Å². The van der Waals surface area contributed by atoms with E-state index in [2.05, 4.69) is 10.3 Å². The minimum Gasteiger partial charge on any atom is -0.456 e. The fourth-order valence-electron chi connectivity index (χ4n) is 2.61. The number of rotatable bonds is 3. The molecule has 0 unspecified atom stereocenters. The first kappa shape index (κ1) is 16.0. The number of hydrogen-bond donors (Lipinski definition) is 1. The Morgan fingerprint density at radius 3 is 2.54 bits per heavy atom. The van der Waals surface area contributed by atoms with E-state index in [9.17, 15) is 9.59 Å². The van der Waals surface area contributed by atoms with E-state index in [1.54, 1.807) is 41.2 Å². The summed E-state index contributed by atoms with van der Waals surface area (Å²) >= 11 is 0. The van der Waals surface area contributed by atoms with E-state index in [1.807, 2.05) is 12.1 Å². The largest absolute Gasteiger partial charge is 0.456 e. The zero-order valence-electron chi connectivity index (χ0n) is 13.6. The summed E-state index contributed by atoms with van der Waals surface area (Å²) in [6, 6.07) is 7.08. The summed E-state index contributed by atoms with van der Waals surface area (Å²) in [5.41, 5.74) is 0.952. The molecule has 1 aliphatic rings. The van der Waals surface area contributed by atoms with Crippen LogP contribution in [-0.4, -0.2) is 52.9 Å². The third-order valence-corrected chi connectivity index (χ3v) is 3.97. The number of hydrogen-bond acceptors (Lipinski definition) is 4. The van der Waals surface area contributed by atoms with E-state index in [4.69, 9.17) is 4.42 Å². The monoisotopic (exact) mass is 328 g/mol. The molecule has 0 aliphatic carbocycles. The van der Waals surface area contributed by atoms with E-state index < -0.39 is 0 Å². The molecule has 24 heavy (non-hydrogen) atoms. The van der Waals surface area contributed by atoms with Crippen molar-refractivity contribution in [2.75, 3.05) is 26.2 Å². The van der Waals surface area contributed by atoms with Gasteiger partial charge in [-0.1, -0.05) is 6.07 Å². The van der Waals surface area contributed by atoms with Crippen molar-refractivity contribution in [1.29, 1.82) is 0 Å². The number of nitrogens with one attached hydrogen (secondary N) is 1. The first-order valence-corrected chi connectivity index (χ1v) is 7.91.